The van der Waals surface area contributed by atoms with Gasteiger partial charge < -0.3 is 0 Å². The van der Waals surface area contributed by atoms with Gasteiger partial charge in [0.1, 0.15) is 4.90 Å². The van der Waals surface area contributed by atoms with Gasteiger partial charge in [-0.25, -0.2) is 18.4 Å². The fourth-order valence-corrected chi connectivity index (χ4v) is 3.38. The van der Waals surface area contributed by atoms with Crippen LogP contribution in [-0.4, -0.2) is 29.7 Å². The highest BCUT2D eigenvalue weighted by atomic mass is 35.5. The van der Waals surface area contributed by atoms with E-state index in [1.165, 1.54) is 7.05 Å². The van der Waals surface area contributed by atoms with Crippen LogP contribution in [0.1, 0.15) is 5.56 Å². The predicted octanol–water partition coefficient (Wildman–Crippen LogP) is 3.26. The number of nitrogens with zero attached hydrogens (tertiary/aromatic N) is 3. The van der Waals surface area contributed by atoms with Gasteiger partial charge in [0.05, 0.1) is 12.4 Å². The summed E-state index contributed by atoms with van der Waals surface area (Å²) in [7, 11) is -2.27. The van der Waals surface area contributed by atoms with E-state index in [2.05, 4.69) is 9.97 Å². The summed E-state index contributed by atoms with van der Waals surface area (Å²) in [6, 6.07) is 4.88. The molecular formula is C12H10Cl3N3O2S. The summed E-state index contributed by atoms with van der Waals surface area (Å²) in [4.78, 5) is 7.30. The average Bonchev–Trinajstić information content (AvgIpc) is 2.37. The molecule has 2 aromatic rings. The summed E-state index contributed by atoms with van der Waals surface area (Å²) in [6.07, 6.45) is 2.32. The van der Waals surface area contributed by atoms with Crippen LogP contribution in [0.2, 0.25) is 15.3 Å². The van der Waals surface area contributed by atoms with Crippen LogP contribution >= 0.6 is 34.8 Å². The molecule has 0 radical (unpaired) electrons. The lowest BCUT2D eigenvalue weighted by molar-refractivity contribution is 0.466. The maximum absolute atomic E-state index is 12.4. The molecule has 0 aliphatic carbocycles. The van der Waals surface area contributed by atoms with Gasteiger partial charge >= 0.3 is 0 Å². The quantitative estimate of drug-likeness (QED) is 0.779. The summed E-state index contributed by atoms with van der Waals surface area (Å²) in [5.41, 5.74) is 0.674. The third kappa shape index (κ3) is 4.05. The molecule has 1 aromatic heterocycles. The molecule has 5 nitrogen and oxygen atoms in total. The maximum atomic E-state index is 12.4. The van der Waals surface area contributed by atoms with Gasteiger partial charge in [-0.05, 0) is 35.4 Å². The van der Waals surface area contributed by atoms with E-state index in [4.69, 9.17) is 34.8 Å². The van der Waals surface area contributed by atoms with Crippen molar-refractivity contribution in [2.75, 3.05) is 7.05 Å². The van der Waals surface area contributed by atoms with Crippen LogP contribution in [-0.2, 0) is 16.6 Å². The van der Waals surface area contributed by atoms with Crippen LogP contribution in [0, 0.1) is 0 Å². The molecule has 2 rings (SSSR count). The van der Waals surface area contributed by atoms with Gasteiger partial charge in [-0.1, -0.05) is 23.2 Å². The Kier molecular flexibility index (Phi) is 5.06. The molecule has 0 fully saturated rings. The molecule has 112 valence electrons. The van der Waals surface area contributed by atoms with E-state index in [1.54, 1.807) is 18.2 Å². The Morgan fingerprint density at radius 2 is 1.57 bits per heavy atom. The van der Waals surface area contributed by atoms with Crippen molar-refractivity contribution in [1.82, 2.24) is 14.3 Å². The third-order valence-electron chi connectivity index (χ3n) is 2.63. The van der Waals surface area contributed by atoms with Crippen molar-refractivity contribution in [3.63, 3.8) is 0 Å². The first-order valence-electron chi connectivity index (χ1n) is 5.68. The Hall–Kier alpha value is -0.920. The van der Waals surface area contributed by atoms with E-state index in [9.17, 15) is 8.42 Å². The van der Waals surface area contributed by atoms with Crippen LogP contribution in [0.5, 0.6) is 0 Å². The van der Waals surface area contributed by atoms with Crippen LogP contribution in [0.15, 0.2) is 35.5 Å². The van der Waals surface area contributed by atoms with Crippen molar-refractivity contribution in [2.45, 2.75) is 11.4 Å². The van der Waals surface area contributed by atoms with Gasteiger partial charge in [-0.2, -0.15) is 4.31 Å². The van der Waals surface area contributed by atoms with Gasteiger partial charge in [0.2, 0.25) is 15.3 Å². The molecule has 1 heterocycles. The minimum Gasteiger partial charge on any atom is -0.225 e. The fraction of sp³-hybridized carbons (Fsp3) is 0.167. The molecule has 0 aliphatic rings. The number of halogens is 3. The van der Waals surface area contributed by atoms with Gasteiger partial charge in [0, 0.05) is 23.6 Å². The smallest absolute Gasteiger partial charge is 0.225 e. The maximum Gasteiger partial charge on any atom is 0.246 e. The third-order valence-corrected chi connectivity index (χ3v) is 5.02. The lowest BCUT2D eigenvalue weighted by Crippen LogP contribution is -2.26. The summed E-state index contributed by atoms with van der Waals surface area (Å²) in [5, 5.41) is 0.870. The first-order chi connectivity index (χ1) is 9.79. The zero-order valence-electron chi connectivity index (χ0n) is 10.8. The molecule has 1 aromatic carbocycles. The Morgan fingerprint density at radius 3 is 2.10 bits per heavy atom. The van der Waals surface area contributed by atoms with Gasteiger partial charge in [0.15, 0.2) is 0 Å². The molecule has 21 heavy (non-hydrogen) atoms. The highest BCUT2D eigenvalue weighted by molar-refractivity contribution is 7.89. The lowest BCUT2D eigenvalue weighted by Gasteiger charge is -2.17. The molecule has 9 heteroatoms. The van der Waals surface area contributed by atoms with Gasteiger partial charge in [0.25, 0.3) is 0 Å². The molecule has 0 spiro atoms. The minimum atomic E-state index is -3.72. The number of aromatic nitrogens is 2. The van der Waals surface area contributed by atoms with Gasteiger partial charge in [-0.15, -0.1) is 0 Å². The molecule has 0 saturated heterocycles. The summed E-state index contributed by atoms with van der Waals surface area (Å²) in [5.74, 6) is 0. The van der Waals surface area contributed by atoms with Crippen LogP contribution in [0.25, 0.3) is 0 Å². The standard InChI is InChI=1S/C12H10Cl3N3O2S/c1-18(7-8-2-9(13)4-10(14)3-8)21(19,20)11-5-16-12(15)17-6-11/h2-6H,7H2,1H3. The van der Waals surface area contributed by atoms with E-state index >= 15 is 0 Å². The highest BCUT2D eigenvalue weighted by Gasteiger charge is 2.22. The average molecular weight is 367 g/mol. The SMILES string of the molecule is CN(Cc1cc(Cl)cc(Cl)c1)S(=O)(=O)c1cnc(Cl)nc1. The zero-order valence-corrected chi connectivity index (χ0v) is 13.9. The van der Waals surface area contributed by atoms with E-state index in [0.717, 1.165) is 16.7 Å². The van der Waals surface area contributed by atoms with E-state index in [1.807, 2.05) is 0 Å². The highest BCUT2D eigenvalue weighted by Crippen LogP contribution is 2.22. The molecule has 0 amide bonds. The summed E-state index contributed by atoms with van der Waals surface area (Å²) in [6.45, 7) is 0.116. The monoisotopic (exact) mass is 365 g/mol. The Morgan fingerprint density at radius 1 is 1.05 bits per heavy atom. The molecule has 0 saturated carbocycles. The van der Waals surface area contributed by atoms with Crippen molar-refractivity contribution in [3.05, 3.63) is 51.5 Å². The first kappa shape index (κ1) is 16.5. The number of benzene rings is 1. The van der Waals surface area contributed by atoms with Crippen LogP contribution in [0.3, 0.4) is 0 Å². The van der Waals surface area contributed by atoms with Crippen molar-refractivity contribution in [1.29, 1.82) is 0 Å². The number of hydrogen-bond acceptors (Lipinski definition) is 4. The molecule has 0 bridgehead atoms. The Bertz CT molecular complexity index is 731. The predicted molar refractivity (Wildman–Crippen MR) is 82.2 cm³/mol. The topological polar surface area (TPSA) is 63.2 Å². The number of rotatable bonds is 4. The second-order valence-electron chi connectivity index (χ2n) is 4.23. The normalized spacial score (nSPS) is 11.9. The molecule has 0 unspecified atom stereocenters. The van der Waals surface area contributed by atoms with Crippen LogP contribution < -0.4 is 0 Å². The number of sulfonamides is 1. The Labute approximate surface area is 137 Å². The van der Waals surface area contributed by atoms with Crippen LogP contribution in [0.4, 0.5) is 0 Å². The van der Waals surface area contributed by atoms with Crippen molar-refractivity contribution < 1.29 is 8.42 Å². The largest absolute Gasteiger partial charge is 0.246 e. The first-order valence-corrected chi connectivity index (χ1v) is 8.25. The molecule has 0 atom stereocenters. The van der Waals surface area contributed by atoms with Gasteiger partial charge in [-0.3, -0.25) is 0 Å². The fourth-order valence-electron chi connectivity index (χ4n) is 1.66. The second kappa shape index (κ2) is 6.46. The molecule has 0 aliphatic heterocycles. The molecular weight excluding hydrogens is 357 g/mol. The Balaban J connectivity index is 2.26. The zero-order chi connectivity index (χ0) is 15.6. The van der Waals surface area contributed by atoms with E-state index < -0.39 is 10.0 Å². The number of hydrogen-bond donors (Lipinski definition) is 0. The lowest BCUT2D eigenvalue weighted by atomic mass is 10.2. The summed E-state index contributed by atoms with van der Waals surface area (Å²) < 4.78 is 25.9. The van der Waals surface area contributed by atoms with E-state index in [-0.39, 0.29) is 16.7 Å². The van der Waals surface area contributed by atoms with Crippen molar-refractivity contribution >= 4 is 44.8 Å². The molecule has 0 N–H and O–H groups in total. The second-order valence-corrected chi connectivity index (χ2v) is 7.48. The minimum absolute atomic E-state index is 0.0155. The van der Waals surface area contributed by atoms with Crippen molar-refractivity contribution in [2.24, 2.45) is 0 Å². The van der Waals surface area contributed by atoms with E-state index in [0.29, 0.717) is 15.6 Å². The summed E-state index contributed by atoms with van der Waals surface area (Å²) >= 11 is 17.3. The van der Waals surface area contributed by atoms with Crippen molar-refractivity contribution in [3.8, 4) is 0 Å².